The van der Waals surface area contributed by atoms with Crippen molar-refractivity contribution in [2.75, 3.05) is 6.61 Å². The minimum atomic E-state index is -0.892. The van der Waals surface area contributed by atoms with E-state index in [9.17, 15) is 14.4 Å². The first-order valence-electron chi connectivity index (χ1n) is 10.9. The van der Waals surface area contributed by atoms with E-state index >= 15 is 0 Å². The fourth-order valence-electron chi connectivity index (χ4n) is 3.89. The van der Waals surface area contributed by atoms with E-state index in [0.29, 0.717) is 11.5 Å². The molecule has 6 heteroatoms. The highest BCUT2D eigenvalue weighted by atomic mass is 16.5. The van der Waals surface area contributed by atoms with Gasteiger partial charge in [-0.2, -0.15) is 0 Å². The highest BCUT2D eigenvalue weighted by Gasteiger charge is 2.26. The van der Waals surface area contributed by atoms with Crippen molar-refractivity contribution in [1.82, 2.24) is 10.6 Å². The minimum absolute atomic E-state index is 0.123. The number of carbonyl (C=O) groups is 3. The fraction of sp³-hybridized carbons (Fsp3) is 0.400. The average Bonchev–Trinajstić information content (AvgIpc) is 2.80. The summed E-state index contributed by atoms with van der Waals surface area (Å²) < 4.78 is 5.29. The molecule has 6 nitrogen and oxygen atoms in total. The molecule has 0 saturated heterocycles. The number of esters is 1. The van der Waals surface area contributed by atoms with Gasteiger partial charge in [-0.15, -0.1) is 0 Å². The molecule has 2 aromatic carbocycles. The van der Waals surface area contributed by atoms with Crippen LogP contribution in [0, 0.1) is 5.92 Å². The van der Waals surface area contributed by atoms with Gasteiger partial charge in [-0.3, -0.25) is 9.59 Å². The van der Waals surface area contributed by atoms with Gasteiger partial charge in [0, 0.05) is 18.0 Å². The molecule has 1 fully saturated rings. The summed E-state index contributed by atoms with van der Waals surface area (Å²) in [5.74, 6) is -0.872. The number of ether oxygens (including phenoxy) is 1. The Balaban J connectivity index is 1.59. The lowest BCUT2D eigenvalue weighted by Crippen LogP contribution is -2.46. The Morgan fingerprint density at radius 2 is 1.61 bits per heavy atom. The highest BCUT2D eigenvalue weighted by molar-refractivity contribution is 5.97. The number of amides is 2. The van der Waals surface area contributed by atoms with E-state index in [0.717, 1.165) is 24.8 Å². The monoisotopic (exact) mass is 422 g/mol. The van der Waals surface area contributed by atoms with E-state index in [1.807, 2.05) is 36.4 Å². The van der Waals surface area contributed by atoms with Gasteiger partial charge in [0.15, 0.2) is 6.61 Å². The third-order valence-corrected chi connectivity index (χ3v) is 5.71. The van der Waals surface area contributed by atoms with Crippen molar-refractivity contribution in [3.63, 3.8) is 0 Å². The van der Waals surface area contributed by atoms with E-state index in [-0.39, 0.29) is 30.9 Å². The van der Waals surface area contributed by atoms with E-state index in [4.69, 9.17) is 4.74 Å². The number of nitrogens with one attached hydrogen (secondary N) is 2. The molecule has 31 heavy (non-hydrogen) atoms. The van der Waals surface area contributed by atoms with Crippen LogP contribution in [-0.4, -0.2) is 36.5 Å². The zero-order chi connectivity index (χ0) is 22.1. The van der Waals surface area contributed by atoms with Gasteiger partial charge >= 0.3 is 5.97 Å². The summed E-state index contributed by atoms with van der Waals surface area (Å²) in [4.78, 5) is 37.7. The van der Waals surface area contributed by atoms with Crippen molar-refractivity contribution in [3.8, 4) is 0 Å². The van der Waals surface area contributed by atoms with Gasteiger partial charge in [0.2, 0.25) is 0 Å². The zero-order valence-corrected chi connectivity index (χ0v) is 17.9. The smallest absolute Gasteiger partial charge is 0.329 e. The molecule has 0 bridgehead atoms. The number of hydrogen-bond acceptors (Lipinski definition) is 4. The highest BCUT2D eigenvalue weighted by Crippen LogP contribution is 2.23. The largest absolute Gasteiger partial charge is 0.454 e. The molecule has 0 spiro atoms. The van der Waals surface area contributed by atoms with Gasteiger partial charge in [-0.1, -0.05) is 68.3 Å². The fourth-order valence-corrected chi connectivity index (χ4v) is 3.89. The Morgan fingerprint density at radius 3 is 2.29 bits per heavy atom. The van der Waals surface area contributed by atoms with Gasteiger partial charge in [0.1, 0.15) is 6.04 Å². The summed E-state index contributed by atoms with van der Waals surface area (Å²) in [6, 6.07) is 17.3. The molecule has 1 aliphatic carbocycles. The first-order valence-corrected chi connectivity index (χ1v) is 10.9. The Hall–Kier alpha value is -3.15. The average molecular weight is 423 g/mol. The third-order valence-electron chi connectivity index (χ3n) is 5.71. The topological polar surface area (TPSA) is 84.5 Å². The Kier molecular flexibility index (Phi) is 8.21. The first kappa shape index (κ1) is 22.5. The van der Waals surface area contributed by atoms with Crippen LogP contribution in [0.5, 0.6) is 0 Å². The van der Waals surface area contributed by atoms with Crippen LogP contribution in [0.4, 0.5) is 0 Å². The molecule has 2 aromatic rings. The summed E-state index contributed by atoms with van der Waals surface area (Å²) in [5, 5.41) is 5.72. The molecule has 2 N–H and O–H groups in total. The molecule has 0 unspecified atom stereocenters. The van der Waals surface area contributed by atoms with Crippen LogP contribution in [0.2, 0.25) is 0 Å². The Labute approximate surface area is 183 Å². The molecule has 0 aliphatic heterocycles. The zero-order valence-electron chi connectivity index (χ0n) is 17.9. The summed E-state index contributed by atoms with van der Waals surface area (Å²) >= 11 is 0. The van der Waals surface area contributed by atoms with Crippen LogP contribution in [0.1, 0.15) is 48.5 Å². The Bertz CT molecular complexity index is 870. The van der Waals surface area contributed by atoms with Crippen LogP contribution in [-0.2, 0) is 20.7 Å². The summed E-state index contributed by atoms with van der Waals surface area (Å²) in [5.41, 5.74) is 1.34. The number of carbonyl (C=O) groups excluding carboxylic acids is 3. The van der Waals surface area contributed by atoms with Crippen LogP contribution >= 0.6 is 0 Å². The van der Waals surface area contributed by atoms with Crippen molar-refractivity contribution in [1.29, 1.82) is 0 Å². The van der Waals surface area contributed by atoms with Crippen LogP contribution < -0.4 is 10.6 Å². The molecule has 0 radical (unpaired) electrons. The normalized spacial score (nSPS) is 19.1. The predicted molar refractivity (Wildman–Crippen MR) is 118 cm³/mol. The second-order valence-corrected chi connectivity index (χ2v) is 8.13. The van der Waals surface area contributed by atoms with Gasteiger partial charge < -0.3 is 15.4 Å². The summed E-state index contributed by atoms with van der Waals surface area (Å²) in [6.45, 7) is 1.78. The lowest BCUT2D eigenvalue weighted by atomic mass is 9.86. The van der Waals surface area contributed by atoms with Crippen molar-refractivity contribution >= 4 is 17.8 Å². The van der Waals surface area contributed by atoms with E-state index in [2.05, 4.69) is 17.6 Å². The quantitative estimate of drug-likeness (QED) is 0.640. The van der Waals surface area contributed by atoms with Crippen LogP contribution in [0.15, 0.2) is 60.7 Å². The molecule has 164 valence electrons. The molecule has 1 aliphatic rings. The molecule has 0 heterocycles. The standard InChI is InChI=1S/C25H30N2O4/c1-18-10-8-9-15-21(18)26-23(28)17-31-25(30)22(16-19-11-4-2-5-12-19)27-24(29)20-13-6-3-7-14-20/h2-7,11-14,18,21-22H,8-10,15-17H2,1H3,(H,26,28)(H,27,29)/t18-,21+,22+/m0/s1. The number of benzene rings is 2. The van der Waals surface area contributed by atoms with Crippen molar-refractivity contribution in [2.24, 2.45) is 5.92 Å². The molecule has 3 rings (SSSR count). The lowest BCUT2D eigenvalue weighted by molar-refractivity contribution is -0.150. The van der Waals surface area contributed by atoms with Crippen molar-refractivity contribution < 1.29 is 19.1 Å². The predicted octanol–water partition coefficient (Wildman–Crippen LogP) is 3.27. The van der Waals surface area contributed by atoms with E-state index in [1.165, 1.54) is 6.42 Å². The Morgan fingerprint density at radius 1 is 0.968 bits per heavy atom. The van der Waals surface area contributed by atoms with Crippen LogP contribution in [0.3, 0.4) is 0 Å². The van der Waals surface area contributed by atoms with E-state index in [1.54, 1.807) is 24.3 Å². The molecular formula is C25H30N2O4. The van der Waals surface area contributed by atoms with Crippen molar-refractivity contribution in [3.05, 3.63) is 71.8 Å². The summed E-state index contributed by atoms with van der Waals surface area (Å²) in [6.07, 6.45) is 4.60. The number of rotatable bonds is 8. The molecule has 1 saturated carbocycles. The third kappa shape index (κ3) is 6.95. The number of hydrogen-bond donors (Lipinski definition) is 2. The lowest BCUT2D eigenvalue weighted by Gasteiger charge is -2.29. The first-order chi connectivity index (χ1) is 15.0. The van der Waals surface area contributed by atoms with Gasteiger partial charge in [-0.25, -0.2) is 4.79 Å². The van der Waals surface area contributed by atoms with Gasteiger partial charge in [0.25, 0.3) is 11.8 Å². The SMILES string of the molecule is C[C@H]1CCCC[C@H]1NC(=O)COC(=O)[C@@H](Cc1ccccc1)NC(=O)c1ccccc1. The second kappa shape index (κ2) is 11.3. The summed E-state index contributed by atoms with van der Waals surface area (Å²) in [7, 11) is 0. The van der Waals surface area contributed by atoms with E-state index < -0.39 is 12.0 Å². The van der Waals surface area contributed by atoms with Gasteiger partial charge in [-0.05, 0) is 36.5 Å². The maximum Gasteiger partial charge on any atom is 0.329 e. The second-order valence-electron chi connectivity index (χ2n) is 8.13. The van der Waals surface area contributed by atoms with Crippen molar-refractivity contribution in [2.45, 2.75) is 51.1 Å². The molecule has 0 aromatic heterocycles. The van der Waals surface area contributed by atoms with Gasteiger partial charge in [0.05, 0.1) is 0 Å². The maximum atomic E-state index is 12.8. The minimum Gasteiger partial charge on any atom is -0.454 e. The molecular weight excluding hydrogens is 392 g/mol. The van der Waals surface area contributed by atoms with Crippen LogP contribution in [0.25, 0.3) is 0 Å². The molecule has 2 amide bonds. The molecule has 3 atom stereocenters. The maximum absolute atomic E-state index is 12.8.